The molecule has 1 saturated carbocycles. The molecule has 2 rings (SSSR count). The van der Waals surface area contributed by atoms with Crippen LogP contribution in [-0.4, -0.2) is 36.8 Å². The van der Waals surface area contributed by atoms with Crippen molar-refractivity contribution in [3.05, 3.63) is 0 Å². The lowest BCUT2D eigenvalue weighted by Crippen LogP contribution is -2.51. The van der Waals surface area contributed by atoms with Crippen molar-refractivity contribution in [1.29, 1.82) is 0 Å². The summed E-state index contributed by atoms with van der Waals surface area (Å²) in [5, 5.41) is 4.52. The van der Waals surface area contributed by atoms with E-state index in [9.17, 15) is 0 Å². The molecule has 0 bridgehead atoms. The standard InChI is InChI=1S/C9H17NOS/c1-12-9-4-2-3-8(9)10-7-5-11-6-7/h7-10H,2-6H2,1H3. The molecule has 1 heterocycles. The van der Waals surface area contributed by atoms with Crippen LogP contribution in [0.15, 0.2) is 0 Å². The fourth-order valence-electron chi connectivity index (χ4n) is 2.03. The number of hydrogen-bond donors (Lipinski definition) is 1. The zero-order chi connectivity index (χ0) is 8.39. The molecule has 0 aromatic heterocycles. The van der Waals surface area contributed by atoms with Crippen molar-refractivity contribution >= 4 is 11.8 Å². The van der Waals surface area contributed by atoms with Crippen LogP contribution in [0.2, 0.25) is 0 Å². The summed E-state index contributed by atoms with van der Waals surface area (Å²) in [6.45, 7) is 1.86. The fraction of sp³-hybridized carbons (Fsp3) is 1.00. The van der Waals surface area contributed by atoms with E-state index >= 15 is 0 Å². The number of hydrogen-bond acceptors (Lipinski definition) is 3. The van der Waals surface area contributed by atoms with E-state index in [0.29, 0.717) is 6.04 Å². The van der Waals surface area contributed by atoms with Gasteiger partial charge in [0.2, 0.25) is 0 Å². The van der Waals surface area contributed by atoms with E-state index in [1.54, 1.807) is 0 Å². The molecule has 12 heavy (non-hydrogen) atoms. The molecule has 0 aromatic carbocycles. The van der Waals surface area contributed by atoms with Gasteiger partial charge >= 0.3 is 0 Å². The molecule has 0 aromatic rings. The highest BCUT2D eigenvalue weighted by Crippen LogP contribution is 2.28. The fourth-order valence-corrected chi connectivity index (χ4v) is 2.98. The summed E-state index contributed by atoms with van der Waals surface area (Å²) in [5.74, 6) is 0. The quantitative estimate of drug-likeness (QED) is 0.718. The van der Waals surface area contributed by atoms with Gasteiger partial charge in [0.15, 0.2) is 0 Å². The third-order valence-corrected chi connectivity index (χ3v) is 4.01. The van der Waals surface area contributed by atoms with Crippen LogP contribution in [0.5, 0.6) is 0 Å². The van der Waals surface area contributed by atoms with Crippen LogP contribution in [0, 0.1) is 0 Å². The first kappa shape index (κ1) is 8.85. The second-order valence-corrected chi connectivity index (χ2v) is 4.79. The largest absolute Gasteiger partial charge is 0.378 e. The molecule has 3 heteroatoms. The van der Waals surface area contributed by atoms with Gasteiger partial charge in [-0.15, -0.1) is 0 Å². The Bertz CT molecular complexity index is 149. The minimum atomic E-state index is 0.655. The average molecular weight is 187 g/mol. The first-order valence-corrected chi connectivity index (χ1v) is 6.05. The van der Waals surface area contributed by atoms with Crippen molar-refractivity contribution in [3.63, 3.8) is 0 Å². The topological polar surface area (TPSA) is 21.3 Å². The minimum absolute atomic E-state index is 0.655. The molecule has 70 valence electrons. The second-order valence-electron chi connectivity index (χ2n) is 3.71. The third-order valence-electron chi connectivity index (χ3n) is 2.84. The Morgan fingerprint density at radius 3 is 2.75 bits per heavy atom. The molecular weight excluding hydrogens is 170 g/mol. The lowest BCUT2D eigenvalue weighted by molar-refractivity contribution is -0.00938. The van der Waals surface area contributed by atoms with E-state index in [0.717, 1.165) is 24.5 Å². The highest BCUT2D eigenvalue weighted by molar-refractivity contribution is 7.99. The Kier molecular flexibility index (Phi) is 2.94. The maximum atomic E-state index is 5.14. The lowest BCUT2D eigenvalue weighted by Gasteiger charge is -2.32. The van der Waals surface area contributed by atoms with E-state index in [4.69, 9.17) is 4.74 Å². The van der Waals surface area contributed by atoms with Crippen LogP contribution in [0.25, 0.3) is 0 Å². The van der Waals surface area contributed by atoms with Crippen LogP contribution in [0.4, 0.5) is 0 Å². The molecule has 2 atom stereocenters. The van der Waals surface area contributed by atoms with Crippen LogP contribution >= 0.6 is 11.8 Å². The summed E-state index contributed by atoms with van der Waals surface area (Å²) in [5.41, 5.74) is 0. The van der Waals surface area contributed by atoms with Gasteiger partial charge in [0.1, 0.15) is 0 Å². The molecule has 0 spiro atoms. The summed E-state index contributed by atoms with van der Waals surface area (Å²) >= 11 is 2.01. The van der Waals surface area contributed by atoms with E-state index < -0.39 is 0 Å². The Balaban J connectivity index is 1.77. The second kappa shape index (κ2) is 3.99. The van der Waals surface area contributed by atoms with E-state index in [1.807, 2.05) is 11.8 Å². The summed E-state index contributed by atoms with van der Waals surface area (Å²) in [6.07, 6.45) is 6.38. The summed E-state index contributed by atoms with van der Waals surface area (Å²) < 4.78 is 5.14. The number of rotatable bonds is 3. The number of thioether (sulfide) groups is 1. The molecule has 1 saturated heterocycles. The first-order valence-electron chi connectivity index (χ1n) is 4.76. The number of ether oxygens (including phenoxy) is 1. The molecule has 2 aliphatic rings. The van der Waals surface area contributed by atoms with Crippen molar-refractivity contribution in [2.45, 2.75) is 36.6 Å². The van der Waals surface area contributed by atoms with Crippen molar-refractivity contribution < 1.29 is 4.74 Å². The van der Waals surface area contributed by atoms with Crippen LogP contribution in [-0.2, 0) is 4.74 Å². The van der Waals surface area contributed by atoms with Gasteiger partial charge in [-0.1, -0.05) is 6.42 Å². The summed E-state index contributed by atoms with van der Waals surface area (Å²) in [6, 6.07) is 1.41. The zero-order valence-electron chi connectivity index (χ0n) is 7.58. The lowest BCUT2D eigenvalue weighted by atomic mass is 10.2. The molecule has 1 aliphatic heterocycles. The molecule has 1 aliphatic carbocycles. The van der Waals surface area contributed by atoms with Gasteiger partial charge in [-0.25, -0.2) is 0 Å². The van der Waals surface area contributed by atoms with Crippen molar-refractivity contribution in [2.24, 2.45) is 0 Å². The average Bonchev–Trinajstić information content (AvgIpc) is 2.43. The van der Waals surface area contributed by atoms with E-state index in [1.165, 1.54) is 19.3 Å². The molecule has 0 amide bonds. The van der Waals surface area contributed by atoms with Gasteiger partial charge in [0.25, 0.3) is 0 Å². The van der Waals surface area contributed by atoms with Gasteiger partial charge in [0.05, 0.1) is 19.3 Å². The molecular formula is C9H17NOS. The Hall–Kier alpha value is 0.270. The molecule has 2 nitrogen and oxygen atoms in total. The first-order chi connectivity index (χ1) is 5.90. The third kappa shape index (κ3) is 1.78. The van der Waals surface area contributed by atoms with Crippen LogP contribution in [0.1, 0.15) is 19.3 Å². The number of nitrogens with one attached hydrogen (secondary N) is 1. The minimum Gasteiger partial charge on any atom is -0.378 e. The van der Waals surface area contributed by atoms with Gasteiger partial charge in [-0.05, 0) is 19.1 Å². The van der Waals surface area contributed by atoms with Gasteiger partial charge in [-0.2, -0.15) is 11.8 Å². The highest BCUT2D eigenvalue weighted by atomic mass is 32.2. The Morgan fingerprint density at radius 1 is 1.33 bits per heavy atom. The normalized spacial score (nSPS) is 36.8. The van der Waals surface area contributed by atoms with Crippen molar-refractivity contribution in [1.82, 2.24) is 5.32 Å². The maximum absolute atomic E-state index is 5.14. The maximum Gasteiger partial charge on any atom is 0.0643 e. The Labute approximate surface area is 78.4 Å². The SMILES string of the molecule is CSC1CCCC1NC1COC1. The summed E-state index contributed by atoms with van der Waals surface area (Å²) in [7, 11) is 0. The zero-order valence-corrected chi connectivity index (χ0v) is 8.40. The van der Waals surface area contributed by atoms with Crippen LogP contribution in [0.3, 0.4) is 0 Å². The van der Waals surface area contributed by atoms with Crippen molar-refractivity contribution in [3.8, 4) is 0 Å². The van der Waals surface area contributed by atoms with Crippen LogP contribution < -0.4 is 5.32 Å². The van der Waals surface area contributed by atoms with Gasteiger partial charge in [0, 0.05) is 11.3 Å². The predicted molar refractivity (Wildman–Crippen MR) is 52.7 cm³/mol. The molecule has 0 radical (unpaired) electrons. The highest BCUT2D eigenvalue weighted by Gasteiger charge is 2.30. The molecule has 2 fully saturated rings. The smallest absolute Gasteiger partial charge is 0.0643 e. The molecule has 2 unspecified atom stereocenters. The Morgan fingerprint density at radius 2 is 2.17 bits per heavy atom. The predicted octanol–water partition coefficient (Wildman–Crippen LogP) is 1.26. The molecule has 1 N–H and O–H groups in total. The van der Waals surface area contributed by atoms with Crippen molar-refractivity contribution in [2.75, 3.05) is 19.5 Å². The van der Waals surface area contributed by atoms with Gasteiger partial charge in [-0.3, -0.25) is 0 Å². The monoisotopic (exact) mass is 187 g/mol. The van der Waals surface area contributed by atoms with E-state index in [2.05, 4.69) is 11.6 Å². The van der Waals surface area contributed by atoms with E-state index in [-0.39, 0.29) is 0 Å². The van der Waals surface area contributed by atoms with Gasteiger partial charge < -0.3 is 10.1 Å². The summed E-state index contributed by atoms with van der Waals surface area (Å²) in [4.78, 5) is 0.